The summed E-state index contributed by atoms with van der Waals surface area (Å²) in [6, 6.07) is 9.78. The summed E-state index contributed by atoms with van der Waals surface area (Å²) >= 11 is 9.22. The molecule has 19 heavy (non-hydrogen) atoms. The summed E-state index contributed by atoms with van der Waals surface area (Å²) in [7, 11) is 0. The Morgan fingerprint density at radius 1 is 1.11 bits per heavy atom. The Hall–Kier alpha value is -1.36. The predicted molar refractivity (Wildman–Crippen MR) is 84.2 cm³/mol. The SMILES string of the molecule is Clc1ccc(NCc2csc(-c3ccsc3)n2)cc1. The molecule has 0 unspecified atom stereocenters. The van der Waals surface area contributed by atoms with Gasteiger partial charge in [-0.25, -0.2) is 4.98 Å². The molecule has 3 rings (SSSR count). The van der Waals surface area contributed by atoms with E-state index in [9.17, 15) is 0 Å². The molecule has 0 amide bonds. The summed E-state index contributed by atoms with van der Waals surface area (Å²) in [5.74, 6) is 0. The summed E-state index contributed by atoms with van der Waals surface area (Å²) in [5.41, 5.74) is 3.31. The van der Waals surface area contributed by atoms with Crippen LogP contribution in [-0.4, -0.2) is 4.98 Å². The van der Waals surface area contributed by atoms with E-state index in [2.05, 4.69) is 32.5 Å². The number of nitrogens with zero attached hydrogens (tertiary/aromatic N) is 1. The lowest BCUT2D eigenvalue weighted by Gasteiger charge is -2.03. The van der Waals surface area contributed by atoms with E-state index in [1.54, 1.807) is 22.7 Å². The Kier molecular flexibility index (Phi) is 3.82. The summed E-state index contributed by atoms with van der Waals surface area (Å²) in [6.45, 7) is 0.724. The van der Waals surface area contributed by atoms with Gasteiger partial charge in [0.25, 0.3) is 0 Å². The van der Waals surface area contributed by atoms with Gasteiger partial charge in [-0.2, -0.15) is 11.3 Å². The van der Waals surface area contributed by atoms with Gasteiger partial charge in [-0.05, 0) is 35.7 Å². The van der Waals surface area contributed by atoms with Gasteiger partial charge >= 0.3 is 0 Å². The molecule has 0 spiro atoms. The number of rotatable bonds is 4. The van der Waals surface area contributed by atoms with Crippen molar-refractivity contribution < 1.29 is 0 Å². The van der Waals surface area contributed by atoms with E-state index in [0.29, 0.717) is 0 Å². The van der Waals surface area contributed by atoms with Crippen molar-refractivity contribution in [2.75, 3.05) is 5.32 Å². The fourth-order valence-corrected chi connectivity index (χ4v) is 3.33. The number of aromatic nitrogens is 1. The van der Waals surface area contributed by atoms with Gasteiger partial charge < -0.3 is 5.32 Å². The number of thiophene rings is 1. The minimum atomic E-state index is 0.724. The standard InChI is InChI=1S/C14H11ClN2S2/c15-11-1-3-12(4-2-11)16-7-13-9-19-14(17-13)10-5-6-18-8-10/h1-6,8-9,16H,7H2. The number of thiazole rings is 1. The molecule has 2 aromatic heterocycles. The molecule has 3 aromatic rings. The molecule has 2 nitrogen and oxygen atoms in total. The quantitative estimate of drug-likeness (QED) is 0.722. The number of halogens is 1. The van der Waals surface area contributed by atoms with Crippen molar-refractivity contribution in [1.82, 2.24) is 4.98 Å². The largest absolute Gasteiger partial charge is 0.379 e. The summed E-state index contributed by atoms with van der Waals surface area (Å²) in [4.78, 5) is 4.62. The molecular formula is C14H11ClN2S2. The van der Waals surface area contributed by atoms with E-state index in [0.717, 1.165) is 28.0 Å². The minimum absolute atomic E-state index is 0.724. The molecular weight excluding hydrogens is 296 g/mol. The van der Waals surface area contributed by atoms with E-state index in [-0.39, 0.29) is 0 Å². The van der Waals surface area contributed by atoms with E-state index in [1.807, 2.05) is 24.3 Å². The van der Waals surface area contributed by atoms with Crippen LogP contribution in [0.4, 0.5) is 5.69 Å². The third kappa shape index (κ3) is 3.15. The molecule has 2 heterocycles. The first-order valence-electron chi connectivity index (χ1n) is 5.78. The average Bonchev–Trinajstić information content (AvgIpc) is 3.09. The molecule has 0 fully saturated rings. The molecule has 0 aliphatic carbocycles. The van der Waals surface area contributed by atoms with Crippen LogP contribution in [0, 0.1) is 0 Å². The maximum Gasteiger partial charge on any atom is 0.124 e. The van der Waals surface area contributed by atoms with Crippen LogP contribution in [0.2, 0.25) is 5.02 Å². The van der Waals surface area contributed by atoms with E-state index >= 15 is 0 Å². The number of hydrogen-bond acceptors (Lipinski definition) is 4. The van der Waals surface area contributed by atoms with Crippen LogP contribution in [-0.2, 0) is 6.54 Å². The summed E-state index contributed by atoms with van der Waals surface area (Å²) in [5, 5.41) is 11.4. The maximum atomic E-state index is 5.85. The van der Waals surface area contributed by atoms with Crippen LogP contribution in [0.25, 0.3) is 10.6 Å². The van der Waals surface area contributed by atoms with E-state index < -0.39 is 0 Å². The molecule has 0 radical (unpaired) electrons. The Balaban J connectivity index is 1.66. The first-order chi connectivity index (χ1) is 9.31. The number of benzene rings is 1. The van der Waals surface area contributed by atoms with Gasteiger partial charge in [0.05, 0.1) is 12.2 Å². The van der Waals surface area contributed by atoms with Crippen molar-refractivity contribution in [3.8, 4) is 10.6 Å². The van der Waals surface area contributed by atoms with E-state index in [1.165, 1.54) is 5.56 Å². The Morgan fingerprint density at radius 3 is 2.68 bits per heavy atom. The molecule has 0 saturated carbocycles. The lowest BCUT2D eigenvalue weighted by molar-refractivity contribution is 1.08. The maximum absolute atomic E-state index is 5.85. The number of anilines is 1. The monoisotopic (exact) mass is 306 g/mol. The topological polar surface area (TPSA) is 24.9 Å². The lowest BCUT2D eigenvalue weighted by Crippen LogP contribution is -1.99. The van der Waals surface area contributed by atoms with Crippen molar-refractivity contribution in [2.45, 2.75) is 6.54 Å². The normalized spacial score (nSPS) is 10.6. The van der Waals surface area contributed by atoms with Gasteiger partial charge in [-0.3, -0.25) is 0 Å². The molecule has 0 aliphatic heterocycles. The first kappa shape index (κ1) is 12.7. The van der Waals surface area contributed by atoms with Gasteiger partial charge in [-0.1, -0.05) is 11.6 Å². The van der Waals surface area contributed by atoms with Gasteiger partial charge in [-0.15, -0.1) is 11.3 Å². The van der Waals surface area contributed by atoms with Crippen molar-refractivity contribution >= 4 is 40.0 Å². The highest BCUT2D eigenvalue weighted by molar-refractivity contribution is 7.14. The van der Waals surface area contributed by atoms with Crippen LogP contribution in [0.3, 0.4) is 0 Å². The molecule has 0 saturated heterocycles. The molecule has 96 valence electrons. The molecule has 1 aromatic carbocycles. The van der Waals surface area contributed by atoms with Crippen LogP contribution in [0.15, 0.2) is 46.5 Å². The van der Waals surface area contributed by atoms with Crippen LogP contribution < -0.4 is 5.32 Å². The smallest absolute Gasteiger partial charge is 0.124 e. The molecule has 0 atom stereocenters. The predicted octanol–water partition coefficient (Wildman–Crippen LogP) is 5.14. The minimum Gasteiger partial charge on any atom is -0.379 e. The zero-order valence-electron chi connectivity index (χ0n) is 9.97. The Morgan fingerprint density at radius 2 is 1.95 bits per heavy atom. The average molecular weight is 307 g/mol. The Labute approximate surface area is 124 Å². The van der Waals surface area contributed by atoms with Gasteiger partial charge in [0.2, 0.25) is 0 Å². The number of hydrogen-bond donors (Lipinski definition) is 1. The highest BCUT2D eigenvalue weighted by atomic mass is 35.5. The second-order valence-corrected chi connectivity index (χ2v) is 6.09. The van der Waals surface area contributed by atoms with Crippen molar-refractivity contribution in [3.63, 3.8) is 0 Å². The van der Waals surface area contributed by atoms with E-state index in [4.69, 9.17) is 11.6 Å². The molecule has 5 heteroatoms. The van der Waals surface area contributed by atoms with Crippen molar-refractivity contribution in [3.05, 3.63) is 57.2 Å². The zero-order valence-corrected chi connectivity index (χ0v) is 12.4. The van der Waals surface area contributed by atoms with Gasteiger partial charge in [0, 0.05) is 27.0 Å². The first-order valence-corrected chi connectivity index (χ1v) is 7.98. The molecule has 1 N–H and O–H groups in total. The third-order valence-electron chi connectivity index (χ3n) is 2.64. The molecule has 0 aliphatic rings. The summed E-state index contributed by atoms with van der Waals surface area (Å²) < 4.78 is 0. The fourth-order valence-electron chi connectivity index (χ4n) is 1.67. The Bertz CT molecular complexity index is 644. The number of nitrogens with one attached hydrogen (secondary N) is 1. The molecule has 0 bridgehead atoms. The zero-order chi connectivity index (χ0) is 13.1. The highest BCUT2D eigenvalue weighted by Gasteiger charge is 2.04. The highest BCUT2D eigenvalue weighted by Crippen LogP contribution is 2.26. The second kappa shape index (κ2) is 5.74. The van der Waals surface area contributed by atoms with Crippen molar-refractivity contribution in [2.24, 2.45) is 0 Å². The van der Waals surface area contributed by atoms with Crippen molar-refractivity contribution in [1.29, 1.82) is 0 Å². The van der Waals surface area contributed by atoms with Gasteiger partial charge in [0.15, 0.2) is 0 Å². The second-order valence-electron chi connectivity index (χ2n) is 4.02. The van der Waals surface area contributed by atoms with Crippen LogP contribution >= 0.6 is 34.3 Å². The van der Waals surface area contributed by atoms with Gasteiger partial charge in [0.1, 0.15) is 5.01 Å². The summed E-state index contributed by atoms with van der Waals surface area (Å²) in [6.07, 6.45) is 0. The lowest BCUT2D eigenvalue weighted by atomic mass is 10.3. The van der Waals surface area contributed by atoms with Crippen LogP contribution in [0.1, 0.15) is 5.69 Å². The third-order valence-corrected chi connectivity index (χ3v) is 4.51. The fraction of sp³-hybridized carbons (Fsp3) is 0.0714. The van der Waals surface area contributed by atoms with Crippen LogP contribution in [0.5, 0.6) is 0 Å².